The summed E-state index contributed by atoms with van der Waals surface area (Å²) in [5, 5.41) is 18.8. The number of carbonyl (C=O) groups is 1. The lowest BCUT2D eigenvalue weighted by molar-refractivity contribution is -0.736. The van der Waals surface area contributed by atoms with Crippen LogP contribution in [0.15, 0.2) is 66.9 Å². The Bertz CT molecular complexity index is 1240. The van der Waals surface area contributed by atoms with Crippen molar-refractivity contribution >= 4 is 22.3 Å². The minimum atomic E-state index is -0.332. The standard InChI is InChI=1S/C26H27N3O2/c1-18(19-10-4-2-5-11-19)27-24(30)23-26(31)29(21-13-6-3-7-14-21)25-22-15-9-8-12-20(22)16-17-28(23)25/h2,4-5,8-12,15-18,21H,3,6-7,13-14H2,1H3,(H-,27,30,31)/t18-/m0/s1. The molecule has 0 radical (unpaired) electrons. The maximum atomic E-state index is 13.7. The number of benzene rings is 2. The molecule has 0 saturated heterocycles. The highest BCUT2D eigenvalue weighted by Crippen LogP contribution is 2.30. The summed E-state index contributed by atoms with van der Waals surface area (Å²) in [4.78, 5) is 13.4. The minimum absolute atomic E-state index is 0.134. The van der Waals surface area contributed by atoms with Crippen LogP contribution in [0.1, 0.15) is 67.2 Å². The summed E-state index contributed by atoms with van der Waals surface area (Å²) >= 11 is 0. The van der Waals surface area contributed by atoms with E-state index >= 15 is 0 Å². The zero-order valence-electron chi connectivity index (χ0n) is 17.8. The van der Waals surface area contributed by atoms with Gasteiger partial charge in [-0.05, 0) is 55.7 Å². The fourth-order valence-electron chi connectivity index (χ4n) is 4.92. The summed E-state index contributed by atoms with van der Waals surface area (Å²) in [5.41, 5.74) is 2.02. The quantitative estimate of drug-likeness (QED) is 0.503. The van der Waals surface area contributed by atoms with Gasteiger partial charge in [-0.25, -0.2) is 4.57 Å². The van der Waals surface area contributed by atoms with Crippen molar-refractivity contribution in [3.63, 3.8) is 0 Å². The monoisotopic (exact) mass is 413 g/mol. The van der Waals surface area contributed by atoms with Gasteiger partial charge < -0.3 is 10.4 Å². The van der Waals surface area contributed by atoms with E-state index < -0.39 is 0 Å². The summed E-state index contributed by atoms with van der Waals surface area (Å²) < 4.78 is 3.69. The van der Waals surface area contributed by atoms with Crippen LogP contribution < -0.4 is 15.0 Å². The number of carbonyl (C=O) groups excluding carboxylic acids is 1. The van der Waals surface area contributed by atoms with E-state index in [0.29, 0.717) is 0 Å². The van der Waals surface area contributed by atoms with Crippen LogP contribution in [0.2, 0.25) is 0 Å². The Morgan fingerprint density at radius 2 is 1.74 bits per heavy atom. The first-order valence-corrected chi connectivity index (χ1v) is 11.2. The van der Waals surface area contributed by atoms with Crippen LogP contribution >= 0.6 is 0 Å². The molecule has 5 nitrogen and oxygen atoms in total. The molecule has 1 N–H and O–H groups in total. The van der Waals surface area contributed by atoms with E-state index in [4.69, 9.17) is 0 Å². The maximum absolute atomic E-state index is 13.7. The summed E-state index contributed by atoms with van der Waals surface area (Å²) in [7, 11) is 0. The highest BCUT2D eigenvalue weighted by Gasteiger charge is 2.32. The predicted octanol–water partition coefficient (Wildman–Crippen LogP) is 4.45. The van der Waals surface area contributed by atoms with E-state index in [1.165, 1.54) is 6.42 Å². The predicted molar refractivity (Wildman–Crippen MR) is 119 cm³/mol. The first kappa shape index (κ1) is 19.6. The summed E-state index contributed by atoms with van der Waals surface area (Å²) in [5.74, 6) is -0.526. The second-order valence-corrected chi connectivity index (χ2v) is 8.52. The van der Waals surface area contributed by atoms with Crippen molar-refractivity contribution in [2.24, 2.45) is 0 Å². The first-order chi connectivity index (χ1) is 15.1. The highest BCUT2D eigenvalue weighted by atomic mass is 16.3. The molecule has 4 aromatic rings. The van der Waals surface area contributed by atoms with E-state index in [-0.39, 0.29) is 29.6 Å². The Labute approximate surface area is 182 Å². The van der Waals surface area contributed by atoms with Gasteiger partial charge >= 0.3 is 0 Å². The largest absolute Gasteiger partial charge is 0.839 e. The van der Waals surface area contributed by atoms with Gasteiger partial charge in [-0.15, -0.1) is 0 Å². The maximum Gasteiger partial charge on any atom is 0.295 e. The Hall–Kier alpha value is -3.34. The molecular weight excluding hydrogens is 386 g/mol. The van der Waals surface area contributed by atoms with Crippen LogP contribution in [-0.4, -0.2) is 10.3 Å². The Morgan fingerprint density at radius 3 is 2.52 bits per heavy atom. The number of amides is 1. The van der Waals surface area contributed by atoms with Crippen molar-refractivity contribution in [1.82, 2.24) is 9.72 Å². The van der Waals surface area contributed by atoms with Crippen LogP contribution in [0.5, 0.6) is 5.88 Å². The SMILES string of the molecule is C[C@H](NC(=O)c1c([O-])[n+](C2CCCCC2)c2c3ccccc3ccn12)c1ccccc1. The number of hydrogen-bond donors (Lipinski definition) is 1. The van der Waals surface area contributed by atoms with Gasteiger partial charge in [0.15, 0.2) is 0 Å². The third-order valence-electron chi connectivity index (χ3n) is 6.53. The second kappa shape index (κ2) is 8.06. The van der Waals surface area contributed by atoms with Crippen molar-refractivity contribution in [3.8, 4) is 5.88 Å². The number of nitrogens with one attached hydrogen (secondary N) is 1. The van der Waals surface area contributed by atoms with Crippen LogP contribution in [-0.2, 0) is 0 Å². The number of imidazole rings is 1. The molecule has 2 aromatic carbocycles. The van der Waals surface area contributed by atoms with E-state index in [9.17, 15) is 9.90 Å². The molecule has 158 valence electrons. The molecule has 0 bridgehead atoms. The number of fused-ring (bicyclic) bond motifs is 3. The lowest BCUT2D eigenvalue weighted by Crippen LogP contribution is -2.43. The van der Waals surface area contributed by atoms with Crippen molar-refractivity contribution < 1.29 is 14.5 Å². The number of rotatable bonds is 4. The molecule has 31 heavy (non-hydrogen) atoms. The van der Waals surface area contributed by atoms with Gasteiger partial charge in [-0.2, -0.15) is 4.40 Å². The molecule has 0 spiro atoms. The number of nitrogens with zero attached hydrogens (tertiary/aromatic N) is 2. The van der Waals surface area contributed by atoms with Gasteiger partial charge in [0.25, 0.3) is 11.6 Å². The molecule has 1 fully saturated rings. The highest BCUT2D eigenvalue weighted by molar-refractivity contribution is 5.98. The molecule has 0 unspecified atom stereocenters. The van der Waals surface area contributed by atoms with E-state index in [0.717, 1.165) is 47.7 Å². The zero-order valence-corrected chi connectivity index (χ0v) is 17.8. The van der Waals surface area contributed by atoms with Gasteiger partial charge in [0.2, 0.25) is 5.69 Å². The molecular formula is C26H27N3O2. The van der Waals surface area contributed by atoms with Gasteiger partial charge in [0.05, 0.1) is 17.6 Å². The van der Waals surface area contributed by atoms with E-state index in [1.807, 2.05) is 72.3 Å². The second-order valence-electron chi connectivity index (χ2n) is 8.52. The molecule has 2 heterocycles. The number of hydrogen-bond acceptors (Lipinski definition) is 2. The Balaban J connectivity index is 1.65. The molecule has 2 aromatic heterocycles. The lowest BCUT2D eigenvalue weighted by Gasteiger charge is -2.22. The average molecular weight is 414 g/mol. The van der Waals surface area contributed by atoms with Crippen LogP contribution in [0.4, 0.5) is 0 Å². The topological polar surface area (TPSA) is 60.5 Å². The molecule has 1 atom stereocenters. The normalized spacial score (nSPS) is 15.9. The summed E-state index contributed by atoms with van der Waals surface area (Å²) in [6.45, 7) is 1.94. The minimum Gasteiger partial charge on any atom is -0.839 e. The smallest absolute Gasteiger partial charge is 0.295 e. The molecule has 5 heteroatoms. The number of aromatic nitrogens is 2. The average Bonchev–Trinajstić information content (AvgIpc) is 3.12. The molecule has 1 aliphatic rings. The van der Waals surface area contributed by atoms with Crippen molar-refractivity contribution in [2.45, 2.75) is 51.1 Å². The molecule has 1 amide bonds. The van der Waals surface area contributed by atoms with E-state index in [1.54, 1.807) is 4.40 Å². The number of pyridine rings is 1. The Kier molecular flexibility index (Phi) is 5.10. The third-order valence-corrected chi connectivity index (χ3v) is 6.53. The van der Waals surface area contributed by atoms with Crippen molar-refractivity contribution in [3.05, 3.63) is 78.1 Å². The molecule has 1 aliphatic carbocycles. The first-order valence-electron chi connectivity index (χ1n) is 11.2. The molecule has 5 rings (SSSR count). The fraction of sp³-hybridized carbons (Fsp3) is 0.308. The van der Waals surface area contributed by atoms with Gasteiger partial charge in [0.1, 0.15) is 11.9 Å². The van der Waals surface area contributed by atoms with Crippen molar-refractivity contribution in [1.29, 1.82) is 0 Å². The lowest BCUT2D eigenvalue weighted by atomic mass is 9.95. The summed E-state index contributed by atoms with van der Waals surface area (Å²) in [6.07, 6.45) is 7.26. The van der Waals surface area contributed by atoms with E-state index in [2.05, 4.69) is 11.4 Å². The van der Waals surface area contributed by atoms with Crippen molar-refractivity contribution in [2.75, 3.05) is 0 Å². The van der Waals surface area contributed by atoms with Crippen LogP contribution in [0.25, 0.3) is 16.4 Å². The molecule has 0 aliphatic heterocycles. The summed E-state index contributed by atoms with van der Waals surface area (Å²) in [6, 6.07) is 19.8. The van der Waals surface area contributed by atoms with Crippen LogP contribution in [0, 0.1) is 0 Å². The van der Waals surface area contributed by atoms with Gasteiger partial charge in [0, 0.05) is 0 Å². The Morgan fingerprint density at radius 1 is 1.03 bits per heavy atom. The van der Waals surface area contributed by atoms with Gasteiger partial charge in [-0.1, -0.05) is 55.0 Å². The zero-order chi connectivity index (χ0) is 21.4. The van der Waals surface area contributed by atoms with Crippen LogP contribution in [0.3, 0.4) is 0 Å². The molecule has 1 saturated carbocycles. The fourth-order valence-corrected chi connectivity index (χ4v) is 4.92. The van der Waals surface area contributed by atoms with Gasteiger partial charge in [-0.3, -0.25) is 4.79 Å². The third kappa shape index (κ3) is 3.44.